The predicted molar refractivity (Wildman–Crippen MR) is 57.6 cm³/mol. The second-order valence-electron chi connectivity index (χ2n) is 3.14. The molecule has 0 fully saturated rings. The first kappa shape index (κ1) is 8.56. The van der Waals surface area contributed by atoms with Gasteiger partial charge in [-0.2, -0.15) is 0 Å². The summed E-state index contributed by atoms with van der Waals surface area (Å²) in [5.41, 5.74) is 8.86. The molecule has 1 aromatic heterocycles. The van der Waals surface area contributed by atoms with Crippen molar-refractivity contribution in [2.45, 2.75) is 6.92 Å². The zero-order valence-corrected chi connectivity index (χ0v) is 9.09. The maximum absolute atomic E-state index is 5.70. The van der Waals surface area contributed by atoms with Gasteiger partial charge in [0.05, 0.1) is 11.0 Å². The molecule has 0 saturated carbocycles. The molecule has 0 bridgehead atoms. The van der Waals surface area contributed by atoms with E-state index in [0.717, 1.165) is 15.5 Å². The van der Waals surface area contributed by atoms with Crippen LogP contribution in [0.25, 0.3) is 11.0 Å². The summed E-state index contributed by atoms with van der Waals surface area (Å²) in [5.74, 6) is 0.543. The fourth-order valence-corrected chi connectivity index (χ4v) is 2.28. The molecule has 1 heterocycles. The van der Waals surface area contributed by atoms with E-state index in [1.54, 1.807) is 0 Å². The maximum Gasteiger partial charge on any atom is 0.200 e. The topological polar surface area (TPSA) is 43.8 Å². The Morgan fingerprint density at radius 3 is 2.85 bits per heavy atom. The Hall–Kier alpha value is -1.03. The minimum Gasteiger partial charge on any atom is -0.369 e. The van der Waals surface area contributed by atoms with E-state index in [0.29, 0.717) is 5.95 Å². The number of aryl methyl sites for hydroxylation is 2. The van der Waals surface area contributed by atoms with Gasteiger partial charge in [0.1, 0.15) is 0 Å². The lowest BCUT2D eigenvalue weighted by Crippen LogP contribution is -1.96. The molecule has 0 saturated heterocycles. The lowest BCUT2D eigenvalue weighted by Gasteiger charge is -1.99. The van der Waals surface area contributed by atoms with E-state index in [1.165, 1.54) is 5.56 Å². The molecule has 2 N–H and O–H groups in total. The zero-order valence-electron chi connectivity index (χ0n) is 7.50. The summed E-state index contributed by atoms with van der Waals surface area (Å²) in [4.78, 5) is 4.25. The lowest BCUT2D eigenvalue weighted by molar-refractivity contribution is 0.963. The van der Waals surface area contributed by atoms with Crippen LogP contribution in [0.2, 0.25) is 0 Å². The second kappa shape index (κ2) is 2.73. The second-order valence-corrected chi connectivity index (χ2v) is 4.00. The molecule has 68 valence electrons. The van der Waals surface area contributed by atoms with Crippen molar-refractivity contribution in [3.63, 3.8) is 0 Å². The highest BCUT2D eigenvalue weighted by molar-refractivity contribution is 9.10. The number of aromatic nitrogens is 2. The highest BCUT2D eigenvalue weighted by atomic mass is 79.9. The van der Waals surface area contributed by atoms with Crippen molar-refractivity contribution in [2.24, 2.45) is 7.05 Å². The number of fused-ring (bicyclic) bond motifs is 1. The molecule has 0 aliphatic rings. The minimum atomic E-state index is 0.543. The van der Waals surface area contributed by atoms with Crippen LogP contribution < -0.4 is 5.73 Å². The predicted octanol–water partition coefficient (Wildman–Crippen LogP) is 2.23. The lowest BCUT2D eigenvalue weighted by atomic mass is 10.2. The van der Waals surface area contributed by atoms with Gasteiger partial charge in [-0.15, -0.1) is 0 Å². The van der Waals surface area contributed by atoms with Crippen LogP contribution in [0.15, 0.2) is 16.6 Å². The highest BCUT2D eigenvalue weighted by Crippen LogP contribution is 2.26. The number of nitrogens with two attached hydrogens (primary N) is 1. The van der Waals surface area contributed by atoms with Crippen molar-refractivity contribution < 1.29 is 0 Å². The quantitative estimate of drug-likeness (QED) is 0.767. The molecule has 0 unspecified atom stereocenters. The number of anilines is 1. The van der Waals surface area contributed by atoms with Gasteiger partial charge in [-0.05, 0) is 40.5 Å². The number of rotatable bonds is 0. The van der Waals surface area contributed by atoms with Crippen LogP contribution in [-0.2, 0) is 7.05 Å². The third-order valence-electron chi connectivity index (χ3n) is 2.10. The molecular formula is C9H10BrN3. The molecule has 2 aromatic rings. The van der Waals surface area contributed by atoms with Crippen LogP contribution in [0.4, 0.5) is 5.95 Å². The van der Waals surface area contributed by atoms with Gasteiger partial charge in [-0.25, -0.2) is 4.98 Å². The average molecular weight is 240 g/mol. The molecule has 4 heteroatoms. The van der Waals surface area contributed by atoms with Gasteiger partial charge >= 0.3 is 0 Å². The first-order chi connectivity index (χ1) is 6.09. The van der Waals surface area contributed by atoms with Crippen LogP contribution in [0.5, 0.6) is 0 Å². The Kier molecular flexibility index (Phi) is 1.80. The highest BCUT2D eigenvalue weighted by Gasteiger charge is 2.08. The third kappa shape index (κ3) is 1.21. The van der Waals surface area contributed by atoms with Gasteiger partial charge in [0.2, 0.25) is 5.95 Å². The van der Waals surface area contributed by atoms with E-state index in [9.17, 15) is 0 Å². The van der Waals surface area contributed by atoms with Gasteiger partial charge in [0, 0.05) is 11.5 Å². The van der Waals surface area contributed by atoms with Crippen LogP contribution >= 0.6 is 15.9 Å². The van der Waals surface area contributed by atoms with Gasteiger partial charge in [0.25, 0.3) is 0 Å². The van der Waals surface area contributed by atoms with Crippen molar-refractivity contribution in [1.82, 2.24) is 9.55 Å². The summed E-state index contributed by atoms with van der Waals surface area (Å²) >= 11 is 3.50. The van der Waals surface area contributed by atoms with Crippen molar-refractivity contribution in [2.75, 3.05) is 5.73 Å². The largest absolute Gasteiger partial charge is 0.369 e. The van der Waals surface area contributed by atoms with Crippen molar-refractivity contribution in [3.05, 3.63) is 22.2 Å². The number of hydrogen-bond acceptors (Lipinski definition) is 2. The van der Waals surface area contributed by atoms with Crippen molar-refractivity contribution in [1.29, 1.82) is 0 Å². The first-order valence-corrected chi connectivity index (χ1v) is 4.77. The Morgan fingerprint density at radius 2 is 2.15 bits per heavy atom. The molecule has 13 heavy (non-hydrogen) atoms. The minimum absolute atomic E-state index is 0.543. The molecular weight excluding hydrogens is 230 g/mol. The fraction of sp³-hybridized carbons (Fsp3) is 0.222. The number of nitrogens with zero attached hydrogens (tertiary/aromatic N) is 2. The van der Waals surface area contributed by atoms with Crippen LogP contribution in [0.3, 0.4) is 0 Å². The smallest absolute Gasteiger partial charge is 0.200 e. The van der Waals surface area contributed by atoms with Crippen molar-refractivity contribution in [3.8, 4) is 0 Å². The van der Waals surface area contributed by atoms with Gasteiger partial charge in [-0.3, -0.25) is 0 Å². The van der Waals surface area contributed by atoms with Gasteiger partial charge in [0.15, 0.2) is 0 Å². The number of hydrogen-bond donors (Lipinski definition) is 1. The summed E-state index contributed by atoms with van der Waals surface area (Å²) in [6.07, 6.45) is 0. The molecule has 0 amide bonds. The SMILES string of the molecule is Cc1cc(Br)c2c(c1)nc(N)n2C. The molecule has 0 spiro atoms. The van der Waals surface area contributed by atoms with Gasteiger partial charge in [-0.1, -0.05) is 0 Å². The number of nitrogen functional groups attached to an aromatic ring is 1. The van der Waals surface area contributed by atoms with E-state index < -0.39 is 0 Å². The molecule has 0 radical (unpaired) electrons. The Balaban J connectivity index is 2.94. The Morgan fingerprint density at radius 1 is 1.46 bits per heavy atom. The number of halogens is 1. The van der Waals surface area contributed by atoms with E-state index >= 15 is 0 Å². The van der Waals surface area contributed by atoms with E-state index in [1.807, 2.05) is 24.6 Å². The van der Waals surface area contributed by atoms with Crippen molar-refractivity contribution >= 4 is 32.9 Å². The third-order valence-corrected chi connectivity index (χ3v) is 2.71. The van der Waals surface area contributed by atoms with E-state index in [4.69, 9.17) is 5.73 Å². The first-order valence-electron chi connectivity index (χ1n) is 3.97. The normalized spacial score (nSPS) is 11.0. The summed E-state index contributed by atoms with van der Waals surface area (Å²) in [6, 6.07) is 4.08. The van der Waals surface area contributed by atoms with Crippen LogP contribution in [0.1, 0.15) is 5.56 Å². The Bertz CT molecular complexity index is 473. The van der Waals surface area contributed by atoms with Gasteiger partial charge < -0.3 is 10.3 Å². The monoisotopic (exact) mass is 239 g/mol. The molecule has 1 aromatic carbocycles. The molecule has 0 aliphatic heterocycles. The maximum atomic E-state index is 5.70. The summed E-state index contributed by atoms with van der Waals surface area (Å²) in [7, 11) is 1.91. The fourth-order valence-electron chi connectivity index (χ4n) is 1.45. The number of imidazole rings is 1. The summed E-state index contributed by atoms with van der Waals surface area (Å²) in [5, 5.41) is 0. The van der Waals surface area contributed by atoms with E-state index in [2.05, 4.69) is 27.0 Å². The molecule has 2 rings (SSSR count). The van der Waals surface area contributed by atoms with Crippen LogP contribution in [0, 0.1) is 6.92 Å². The summed E-state index contributed by atoms with van der Waals surface area (Å²) < 4.78 is 2.91. The zero-order chi connectivity index (χ0) is 9.59. The van der Waals surface area contributed by atoms with E-state index in [-0.39, 0.29) is 0 Å². The summed E-state index contributed by atoms with van der Waals surface area (Å²) in [6.45, 7) is 2.04. The Labute approximate surface area is 84.7 Å². The molecule has 0 aliphatic carbocycles. The number of benzene rings is 1. The molecule has 0 atom stereocenters. The molecule has 3 nitrogen and oxygen atoms in total. The average Bonchev–Trinajstić information content (AvgIpc) is 2.27. The van der Waals surface area contributed by atoms with Crippen LogP contribution in [-0.4, -0.2) is 9.55 Å². The standard InChI is InChI=1S/C9H10BrN3/c1-5-3-6(10)8-7(4-5)12-9(11)13(8)2/h3-4H,1-2H3,(H2,11,12).